The molecule has 2 atom stereocenters. The number of rotatable bonds is 3. The lowest BCUT2D eigenvalue weighted by atomic mass is 9.92. The smallest absolute Gasteiger partial charge is 0.337 e. The summed E-state index contributed by atoms with van der Waals surface area (Å²) in [5.41, 5.74) is 1.29. The van der Waals surface area contributed by atoms with Crippen molar-refractivity contribution in [3.8, 4) is 28.1 Å². The van der Waals surface area contributed by atoms with Gasteiger partial charge in [0, 0.05) is 42.5 Å². The molecule has 1 N–H and O–H groups in total. The van der Waals surface area contributed by atoms with Gasteiger partial charge >= 0.3 is 5.97 Å². The number of carbonyl (C=O) groups is 1. The summed E-state index contributed by atoms with van der Waals surface area (Å²) >= 11 is 0. The number of carboxylic acid groups (broad SMARTS) is 1. The van der Waals surface area contributed by atoms with Crippen molar-refractivity contribution in [2.75, 3.05) is 24.6 Å². The van der Waals surface area contributed by atoms with E-state index in [-0.39, 0.29) is 17.5 Å². The van der Waals surface area contributed by atoms with Gasteiger partial charge < -0.3 is 24.2 Å². The van der Waals surface area contributed by atoms with Crippen molar-refractivity contribution in [1.29, 1.82) is 0 Å². The molecule has 262 valence electrons. The number of carboxylic acids is 1. The van der Waals surface area contributed by atoms with E-state index >= 15 is 4.39 Å². The summed E-state index contributed by atoms with van der Waals surface area (Å²) in [6.07, 6.45) is 1.91. The van der Waals surface area contributed by atoms with E-state index in [1.165, 1.54) is 4.40 Å². The van der Waals surface area contributed by atoms with Gasteiger partial charge in [-0.3, -0.25) is 4.40 Å². The fourth-order valence-electron chi connectivity index (χ4n) is 6.84. The number of anilines is 1. The third-order valence-electron chi connectivity index (χ3n) is 9.40. The number of benzene rings is 2. The highest BCUT2D eigenvalue weighted by Crippen LogP contribution is 2.41. The standard InChI is InChI=1S/C38H44F3N3O5/c1-22-18-30-42-32-25-12-9-11-24(19-25)26-20-27(39)28(40)21-29(26)48-23(2)10-7-8-17-47-38(6)13-15-43(16-14-38)35(44(30)34(32)41)31(22)33(36(45)46)49-37(3,4)5/h9,11-12,18-21,23,33H,7-8,10,13-17H2,1-6H3,(H,45,46)/t23-,33-/m0/s1. The Hall–Kier alpha value is -4.09. The molecule has 8 nitrogen and oxygen atoms in total. The summed E-state index contributed by atoms with van der Waals surface area (Å²) in [5, 5.41) is 10.5. The van der Waals surface area contributed by atoms with Crippen molar-refractivity contribution in [3.05, 3.63) is 71.2 Å². The van der Waals surface area contributed by atoms with Crippen LogP contribution in [0, 0.1) is 24.5 Å². The molecule has 5 heterocycles. The molecule has 0 saturated carbocycles. The zero-order valence-electron chi connectivity index (χ0n) is 28.9. The van der Waals surface area contributed by atoms with Gasteiger partial charge in [-0.05, 0) is 103 Å². The first-order valence-corrected chi connectivity index (χ1v) is 16.9. The first-order chi connectivity index (χ1) is 23.1. The lowest BCUT2D eigenvalue weighted by Gasteiger charge is -2.41. The van der Waals surface area contributed by atoms with E-state index in [0.29, 0.717) is 78.2 Å². The SMILES string of the molecule is Cc1cc2nc3c(F)n2c(c1[C@H](OC(C)(C)C)C(=O)O)N1CCC(C)(CC1)OCCCC[C@H](C)Oc1cc(F)c(F)cc1-c1cccc-3c1. The molecule has 49 heavy (non-hydrogen) atoms. The molecule has 1 saturated heterocycles. The fraction of sp³-hybridized carbons (Fsp3) is 0.474. The normalized spacial score (nSPS) is 21.0. The molecule has 0 spiro atoms. The van der Waals surface area contributed by atoms with Gasteiger partial charge in [-0.25, -0.2) is 18.6 Å². The second-order valence-corrected chi connectivity index (χ2v) is 14.5. The molecule has 2 aromatic carbocycles. The van der Waals surface area contributed by atoms with Crippen LogP contribution in [0.25, 0.3) is 28.0 Å². The Morgan fingerprint density at radius 1 is 1.06 bits per heavy atom. The van der Waals surface area contributed by atoms with Crippen molar-refractivity contribution in [3.63, 3.8) is 0 Å². The number of fused-ring (bicyclic) bond motifs is 8. The number of halogens is 3. The van der Waals surface area contributed by atoms with Crippen LogP contribution in [0.3, 0.4) is 0 Å². The van der Waals surface area contributed by atoms with Crippen LogP contribution in [-0.4, -0.2) is 57.5 Å². The predicted octanol–water partition coefficient (Wildman–Crippen LogP) is 8.66. The van der Waals surface area contributed by atoms with Crippen LogP contribution in [0.15, 0.2) is 42.5 Å². The van der Waals surface area contributed by atoms with Crippen molar-refractivity contribution < 1.29 is 37.3 Å². The molecule has 11 heteroatoms. The maximum atomic E-state index is 17.0. The van der Waals surface area contributed by atoms with E-state index in [0.717, 1.165) is 25.0 Å². The van der Waals surface area contributed by atoms with E-state index in [4.69, 9.17) is 19.2 Å². The Bertz CT molecular complexity index is 1880. The lowest BCUT2D eigenvalue weighted by molar-refractivity contribution is -0.160. The van der Waals surface area contributed by atoms with E-state index in [9.17, 15) is 18.7 Å². The molecule has 0 amide bonds. The van der Waals surface area contributed by atoms with E-state index in [2.05, 4.69) is 6.92 Å². The second kappa shape index (κ2) is 13.3. The van der Waals surface area contributed by atoms with Gasteiger partial charge in [0.05, 0.1) is 17.3 Å². The Morgan fingerprint density at radius 3 is 2.45 bits per heavy atom. The largest absolute Gasteiger partial charge is 0.490 e. The third-order valence-corrected chi connectivity index (χ3v) is 9.40. The third kappa shape index (κ3) is 7.14. The summed E-state index contributed by atoms with van der Waals surface area (Å²) in [7, 11) is 0. The number of ether oxygens (including phenoxy) is 3. The molecular weight excluding hydrogens is 635 g/mol. The highest BCUT2D eigenvalue weighted by Gasteiger charge is 2.38. The van der Waals surface area contributed by atoms with E-state index < -0.39 is 40.9 Å². The van der Waals surface area contributed by atoms with E-state index in [1.54, 1.807) is 58.0 Å². The Labute approximate surface area is 284 Å². The zero-order chi connectivity index (χ0) is 35.2. The number of hydrogen-bond donors (Lipinski definition) is 1. The zero-order valence-corrected chi connectivity index (χ0v) is 28.9. The minimum Gasteiger partial charge on any atom is -0.490 e. The highest BCUT2D eigenvalue weighted by molar-refractivity contribution is 5.81. The molecule has 6 bridgehead atoms. The molecule has 4 aromatic rings. The van der Waals surface area contributed by atoms with Gasteiger partial charge in [-0.1, -0.05) is 18.2 Å². The molecule has 7 rings (SSSR count). The number of piperidine rings is 1. The second-order valence-electron chi connectivity index (χ2n) is 14.5. The number of pyridine rings is 1. The molecule has 2 aromatic heterocycles. The topological polar surface area (TPSA) is 85.5 Å². The lowest BCUT2D eigenvalue weighted by Crippen LogP contribution is -2.45. The number of aromatic nitrogens is 2. The Balaban J connectivity index is 1.58. The van der Waals surface area contributed by atoms with Gasteiger partial charge in [0.15, 0.2) is 17.7 Å². The van der Waals surface area contributed by atoms with Crippen LogP contribution in [0.2, 0.25) is 0 Å². The minimum absolute atomic E-state index is 0.0290. The summed E-state index contributed by atoms with van der Waals surface area (Å²) in [6, 6.07) is 10.6. The van der Waals surface area contributed by atoms with Crippen molar-refractivity contribution in [2.24, 2.45) is 0 Å². The van der Waals surface area contributed by atoms with Crippen LogP contribution in [0.5, 0.6) is 5.75 Å². The number of imidazole rings is 1. The minimum atomic E-state index is -1.38. The van der Waals surface area contributed by atoms with Crippen LogP contribution in [-0.2, 0) is 14.3 Å². The van der Waals surface area contributed by atoms with Crippen LogP contribution in [0.1, 0.15) is 84.0 Å². The average Bonchev–Trinajstić information content (AvgIpc) is 3.35. The van der Waals surface area contributed by atoms with Gasteiger partial charge in [0.2, 0.25) is 5.95 Å². The first-order valence-electron chi connectivity index (χ1n) is 16.9. The summed E-state index contributed by atoms with van der Waals surface area (Å²) < 4.78 is 66.2. The van der Waals surface area contributed by atoms with Crippen molar-refractivity contribution in [1.82, 2.24) is 9.38 Å². The maximum absolute atomic E-state index is 17.0. The molecule has 1 fully saturated rings. The summed E-state index contributed by atoms with van der Waals surface area (Å²) in [5.74, 6) is -3.36. The molecule has 0 aliphatic carbocycles. The van der Waals surface area contributed by atoms with Crippen LogP contribution < -0.4 is 9.64 Å². The van der Waals surface area contributed by atoms with Gasteiger partial charge in [0.1, 0.15) is 22.9 Å². The summed E-state index contributed by atoms with van der Waals surface area (Å²) in [4.78, 5) is 19.5. The number of aryl methyl sites for hydroxylation is 1. The van der Waals surface area contributed by atoms with Crippen LogP contribution >= 0.6 is 0 Å². The van der Waals surface area contributed by atoms with Crippen molar-refractivity contribution >= 4 is 17.4 Å². The Morgan fingerprint density at radius 2 is 1.76 bits per heavy atom. The molecule has 3 aliphatic rings. The number of hydrogen-bond acceptors (Lipinski definition) is 6. The number of nitrogens with zero attached hydrogens (tertiary/aromatic N) is 3. The molecule has 3 aliphatic heterocycles. The van der Waals surface area contributed by atoms with Gasteiger partial charge in [-0.15, -0.1) is 0 Å². The van der Waals surface area contributed by atoms with Gasteiger partial charge in [0.25, 0.3) is 0 Å². The van der Waals surface area contributed by atoms with Crippen LogP contribution in [0.4, 0.5) is 19.0 Å². The fourth-order valence-corrected chi connectivity index (χ4v) is 6.84. The molecular formula is C38H44F3N3O5. The maximum Gasteiger partial charge on any atom is 0.337 e. The quantitative estimate of drug-likeness (QED) is 0.232. The average molecular weight is 680 g/mol. The predicted molar refractivity (Wildman–Crippen MR) is 182 cm³/mol. The summed E-state index contributed by atoms with van der Waals surface area (Å²) in [6.45, 7) is 12.6. The monoisotopic (exact) mass is 679 g/mol. The van der Waals surface area contributed by atoms with Crippen molar-refractivity contribution in [2.45, 2.75) is 97.1 Å². The Kier molecular flexibility index (Phi) is 9.45. The molecule has 0 unspecified atom stereocenters. The molecule has 0 radical (unpaired) electrons. The van der Waals surface area contributed by atoms with Gasteiger partial charge in [-0.2, -0.15) is 4.39 Å². The first kappa shape index (κ1) is 34.8. The van der Waals surface area contributed by atoms with E-state index in [1.807, 2.05) is 11.8 Å². The number of aliphatic carboxylic acids is 1. The highest BCUT2D eigenvalue weighted by atomic mass is 19.2.